The fourth-order valence-electron chi connectivity index (χ4n) is 1.02. The smallest absolute Gasteiger partial charge is 0.0919 e. The molecule has 1 heterocycles. The molecule has 3 heteroatoms. The van der Waals surface area contributed by atoms with Gasteiger partial charge in [0, 0.05) is 9.75 Å². The SMILES string of the molecule is Cc1ccc(C(O)C(C)CN)s1. The lowest BCUT2D eigenvalue weighted by Crippen LogP contribution is -2.17. The first-order chi connectivity index (χ1) is 5.65. The lowest BCUT2D eigenvalue weighted by atomic mass is 10.0. The van der Waals surface area contributed by atoms with Crippen LogP contribution in [0.3, 0.4) is 0 Å². The number of thiophene rings is 1. The number of nitrogens with two attached hydrogens (primary N) is 1. The number of hydrogen-bond acceptors (Lipinski definition) is 3. The summed E-state index contributed by atoms with van der Waals surface area (Å²) in [6, 6.07) is 3.99. The molecule has 0 aliphatic carbocycles. The molecule has 68 valence electrons. The number of aliphatic hydroxyl groups is 1. The van der Waals surface area contributed by atoms with Crippen LogP contribution in [-0.2, 0) is 0 Å². The van der Waals surface area contributed by atoms with Crippen LogP contribution >= 0.6 is 11.3 Å². The average molecular weight is 185 g/mol. The third-order valence-corrected chi connectivity index (χ3v) is 3.03. The van der Waals surface area contributed by atoms with E-state index in [9.17, 15) is 5.11 Å². The first kappa shape index (κ1) is 9.71. The van der Waals surface area contributed by atoms with Gasteiger partial charge in [-0.15, -0.1) is 11.3 Å². The van der Waals surface area contributed by atoms with Gasteiger partial charge in [-0.05, 0) is 31.5 Å². The van der Waals surface area contributed by atoms with Crippen LogP contribution in [0.25, 0.3) is 0 Å². The lowest BCUT2D eigenvalue weighted by molar-refractivity contribution is 0.125. The monoisotopic (exact) mass is 185 g/mol. The van der Waals surface area contributed by atoms with Gasteiger partial charge in [-0.3, -0.25) is 0 Å². The molecule has 0 saturated carbocycles. The van der Waals surface area contributed by atoms with Crippen molar-refractivity contribution in [2.24, 2.45) is 11.7 Å². The second-order valence-electron chi connectivity index (χ2n) is 3.11. The van der Waals surface area contributed by atoms with Gasteiger partial charge in [0.05, 0.1) is 6.10 Å². The molecule has 0 amide bonds. The quantitative estimate of drug-likeness (QED) is 0.752. The Labute approximate surface area is 77.0 Å². The standard InChI is InChI=1S/C9H15NOS/c1-6(5-10)9(11)8-4-3-7(2)12-8/h3-4,6,9,11H,5,10H2,1-2H3. The highest BCUT2D eigenvalue weighted by Crippen LogP contribution is 2.27. The number of aryl methyl sites for hydroxylation is 1. The predicted octanol–water partition coefficient (Wildman–Crippen LogP) is 1.68. The van der Waals surface area contributed by atoms with Crippen LogP contribution in [0.5, 0.6) is 0 Å². The second kappa shape index (κ2) is 4.03. The van der Waals surface area contributed by atoms with Crippen molar-refractivity contribution in [3.05, 3.63) is 21.9 Å². The molecule has 12 heavy (non-hydrogen) atoms. The molecule has 1 aromatic heterocycles. The van der Waals surface area contributed by atoms with Crippen LogP contribution in [0, 0.1) is 12.8 Å². The van der Waals surface area contributed by atoms with E-state index in [1.807, 2.05) is 26.0 Å². The van der Waals surface area contributed by atoms with E-state index in [0.717, 1.165) is 4.88 Å². The molecular weight excluding hydrogens is 170 g/mol. The molecule has 2 nitrogen and oxygen atoms in total. The van der Waals surface area contributed by atoms with E-state index in [-0.39, 0.29) is 5.92 Å². The van der Waals surface area contributed by atoms with Crippen LogP contribution in [0.15, 0.2) is 12.1 Å². The molecule has 1 aromatic rings. The zero-order chi connectivity index (χ0) is 9.14. The number of hydrogen-bond donors (Lipinski definition) is 2. The van der Waals surface area contributed by atoms with E-state index < -0.39 is 6.10 Å². The van der Waals surface area contributed by atoms with E-state index >= 15 is 0 Å². The molecule has 3 N–H and O–H groups in total. The van der Waals surface area contributed by atoms with Gasteiger partial charge in [0.15, 0.2) is 0 Å². The zero-order valence-corrected chi connectivity index (χ0v) is 8.27. The van der Waals surface area contributed by atoms with Crippen molar-refractivity contribution in [3.63, 3.8) is 0 Å². The summed E-state index contributed by atoms with van der Waals surface area (Å²) >= 11 is 1.63. The van der Waals surface area contributed by atoms with Gasteiger partial charge in [0.2, 0.25) is 0 Å². The van der Waals surface area contributed by atoms with Gasteiger partial charge in [-0.1, -0.05) is 6.92 Å². The van der Waals surface area contributed by atoms with Crippen molar-refractivity contribution < 1.29 is 5.11 Å². The second-order valence-corrected chi connectivity index (χ2v) is 4.43. The molecule has 0 aliphatic heterocycles. The van der Waals surface area contributed by atoms with Gasteiger partial charge in [0.25, 0.3) is 0 Å². The summed E-state index contributed by atoms with van der Waals surface area (Å²) in [6.45, 7) is 4.52. The van der Waals surface area contributed by atoms with Crippen molar-refractivity contribution in [1.82, 2.24) is 0 Å². The van der Waals surface area contributed by atoms with Crippen molar-refractivity contribution in [3.8, 4) is 0 Å². The Balaban J connectivity index is 2.70. The molecule has 2 atom stereocenters. The van der Waals surface area contributed by atoms with E-state index in [0.29, 0.717) is 6.54 Å². The Morgan fingerprint density at radius 3 is 2.67 bits per heavy atom. The molecule has 1 rings (SSSR count). The highest BCUT2D eigenvalue weighted by atomic mass is 32.1. The minimum absolute atomic E-state index is 0.142. The van der Waals surface area contributed by atoms with E-state index in [2.05, 4.69) is 0 Å². The summed E-state index contributed by atoms with van der Waals surface area (Å²) in [5.74, 6) is 0.142. The molecule has 0 saturated heterocycles. The third-order valence-electron chi connectivity index (χ3n) is 1.96. The summed E-state index contributed by atoms with van der Waals surface area (Å²) in [5, 5.41) is 9.73. The molecule has 0 radical (unpaired) electrons. The van der Waals surface area contributed by atoms with Crippen molar-refractivity contribution in [2.45, 2.75) is 20.0 Å². The van der Waals surface area contributed by atoms with Gasteiger partial charge in [0.1, 0.15) is 0 Å². The maximum absolute atomic E-state index is 9.73. The Morgan fingerprint density at radius 1 is 1.58 bits per heavy atom. The minimum Gasteiger partial charge on any atom is -0.387 e. The molecule has 2 unspecified atom stereocenters. The maximum Gasteiger partial charge on any atom is 0.0919 e. The van der Waals surface area contributed by atoms with Crippen molar-refractivity contribution >= 4 is 11.3 Å². The summed E-state index contributed by atoms with van der Waals surface area (Å²) in [6.07, 6.45) is -0.395. The Morgan fingerprint density at radius 2 is 2.25 bits per heavy atom. The Kier molecular flexibility index (Phi) is 3.26. The van der Waals surface area contributed by atoms with Crippen LogP contribution in [0.4, 0.5) is 0 Å². The molecular formula is C9H15NOS. The van der Waals surface area contributed by atoms with E-state index in [4.69, 9.17) is 5.73 Å². The summed E-state index contributed by atoms with van der Waals surface area (Å²) in [7, 11) is 0. The fraction of sp³-hybridized carbons (Fsp3) is 0.556. The van der Waals surface area contributed by atoms with Gasteiger partial charge < -0.3 is 10.8 Å². The van der Waals surface area contributed by atoms with Gasteiger partial charge in [-0.25, -0.2) is 0 Å². The molecule has 0 fully saturated rings. The average Bonchev–Trinajstić information content (AvgIpc) is 2.49. The molecule has 0 aromatic carbocycles. The van der Waals surface area contributed by atoms with Crippen LogP contribution in [0.1, 0.15) is 22.8 Å². The van der Waals surface area contributed by atoms with Gasteiger partial charge >= 0.3 is 0 Å². The topological polar surface area (TPSA) is 46.2 Å². The highest BCUT2D eigenvalue weighted by Gasteiger charge is 2.15. The zero-order valence-electron chi connectivity index (χ0n) is 7.45. The molecule has 0 aliphatic rings. The van der Waals surface area contributed by atoms with E-state index in [1.165, 1.54) is 4.88 Å². The number of rotatable bonds is 3. The molecule has 0 bridgehead atoms. The van der Waals surface area contributed by atoms with Crippen LogP contribution in [-0.4, -0.2) is 11.7 Å². The lowest BCUT2D eigenvalue weighted by Gasteiger charge is -2.14. The Hall–Kier alpha value is -0.380. The maximum atomic E-state index is 9.73. The third kappa shape index (κ3) is 2.06. The summed E-state index contributed by atoms with van der Waals surface area (Å²) in [4.78, 5) is 2.25. The first-order valence-corrected chi connectivity index (χ1v) is 4.91. The summed E-state index contributed by atoms with van der Waals surface area (Å²) < 4.78 is 0. The van der Waals surface area contributed by atoms with Crippen LogP contribution in [0.2, 0.25) is 0 Å². The van der Waals surface area contributed by atoms with Gasteiger partial charge in [-0.2, -0.15) is 0 Å². The normalized spacial score (nSPS) is 16.0. The Bertz CT molecular complexity index is 246. The predicted molar refractivity (Wildman–Crippen MR) is 52.2 cm³/mol. The number of aliphatic hydroxyl groups excluding tert-OH is 1. The van der Waals surface area contributed by atoms with E-state index in [1.54, 1.807) is 11.3 Å². The van der Waals surface area contributed by atoms with Crippen molar-refractivity contribution in [2.75, 3.05) is 6.54 Å². The van der Waals surface area contributed by atoms with Crippen molar-refractivity contribution in [1.29, 1.82) is 0 Å². The first-order valence-electron chi connectivity index (χ1n) is 4.09. The fourth-order valence-corrected chi connectivity index (χ4v) is 2.02. The minimum atomic E-state index is -0.395. The summed E-state index contributed by atoms with van der Waals surface area (Å²) in [5.41, 5.74) is 5.46. The largest absolute Gasteiger partial charge is 0.387 e. The van der Waals surface area contributed by atoms with Crippen LogP contribution < -0.4 is 5.73 Å². The molecule has 0 spiro atoms. The highest BCUT2D eigenvalue weighted by molar-refractivity contribution is 7.12.